The second-order valence-corrected chi connectivity index (χ2v) is 7.86. The van der Waals surface area contributed by atoms with Gasteiger partial charge in [0.05, 0.1) is 17.9 Å². The van der Waals surface area contributed by atoms with Gasteiger partial charge in [-0.15, -0.1) is 11.8 Å². The van der Waals surface area contributed by atoms with Crippen molar-refractivity contribution in [1.82, 2.24) is 0 Å². The van der Waals surface area contributed by atoms with E-state index in [4.69, 9.17) is 9.05 Å². The number of rotatable bonds is 10. The van der Waals surface area contributed by atoms with Crippen molar-refractivity contribution in [2.45, 2.75) is 33.6 Å². The van der Waals surface area contributed by atoms with Crippen molar-refractivity contribution in [2.24, 2.45) is 0 Å². The van der Waals surface area contributed by atoms with Crippen molar-refractivity contribution < 1.29 is 13.6 Å². The summed E-state index contributed by atoms with van der Waals surface area (Å²) in [5, 5.41) is 0. The Hall–Kier alpha value is -0.540. The van der Waals surface area contributed by atoms with E-state index in [-0.39, 0.29) is 0 Å². The summed E-state index contributed by atoms with van der Waals surface area (Å²) in [6.45, 7) is 6.56. The molecule has 0 aliphatic heterocycles. The smallest absolute Gasteiger partial charge is 0.305 e. The molecule has 0 fully saturated rings. The third-order valence-electron chi connectivity index (χ3n) is 2.71. The molecule has 0 bridgehead atoms. The van der Waals surface area contributed by atoms with Crippen LogP contribution in [0.2, 0.25) is 0 Å². The molecule has 0 heterocycles. The average molecular weight is 328 g/mol. The zero-order valence-corrected chi connectivity index (χ0v) is 14.8. The third kappa shape index (κ3) is 6.39. The van der Waals surface area contributed by atoms with Gasteiger partial charge in [-0.25, -0.2) is 0 Å². The number of thioether (sulfide) groups is 1. The summed E-state index contributed by atoms with van der Waals surface area (Å²) in [7, 11) is -3.21. The van der Waals surface area contributed by atoms with Crippen LogP contribution in [0.15, 0.2) is 35.0 Å². The molecular formula is C16H25O3PS. The molecule has 0 aromatic heterocycles. The summed E-state index contributed by atoms with van der Waals surface area (Å²) in [5.41, 5.74) is 1.01. The first-order valence-electron chi connectivity index (χ1n) is 7.45. The van der Waals surface area contributed by atoms with Crippen molar-refractivity contribution in [1.29, 1.82) is 0 Å². The fraction of sp³-hybridized carbons (Fsp3) is 0.500. The highest BCUT2D eigenvalue weighted by Crippen LogP contribution is 2.61. The SMILES string of the molecule is CCCCS/C(=C\c1ccccc1)P(=O)(OCC)OCC. The number of unbranched alkanes of at least 4 members (excludes halogenated alkanes) is 1. The van der Waals surface area contributed by atoms with Crippen molar-refractivity contribution in [3.05, 3.63) is 40.5 Å². The van der Waals surface area contributed by atoms with E-state index < -0.39 is 7.60 Å². The lowest BCUT2D eigenvalue weighted by Crippen LogP contribution is -1.98. The molecule has 0 amide bonds. The Morgan fingerprint density at radius 1 is 1.14 bits per heavy atom. The molecule has 3 nitrogen and oxygen atoms in total. The van der Waals surface area contributed by atoms with Crippen LogP contribution in [-0.4, -0.2) is 19.0 Å². The maximum atomic E-state index is 13.0. The average Bonchev–Trinajstić information content (AvgIpc) is 2.48. The second-order valence-electron chi connectivity index (χ2n) is 4.43. The van der Waals surface area contributed by atoms with Crippen molar-refractivity contribution in [2.75, 3.05) is 19.0 Å². The van der Waals surface area contributed by atoms with Gasteiger partial charge in [-0.3, -0.25) is 4.57 Å². The summed E-state index contributed by atoms with van der Waals surface area (Å²) < 4.78 is 24.6. The van der Waals surface area contributed by atoms with Crippen LogP contribution in [0, 0.1) is 0 Å². The highest BCUT2D eigenvalue weighted by Gasteiger charge is 2.29. The molecule has 0 N–H and O–H groups in total. The topological polar surface area (TPSA) is 35.5 Å². The van der Waals surface area contributed by atoms with E-state index in [1.807, 2.05) is 50.3 Å². The molecule has 5 heteroatoms. The molecule has 1 aromatic rings. The molecule has 1 aromatic carbocycles. The minimum absolute atomic E-state index is 0.373. The standard InChI is InChI=1S/C16H25O3PS/c1-4-7-13-21-16(14-15-11-9-8-10-12-15)20(17,18-5-2)19-6-3/h8-12,14H,4-7,13H2,1-3H3/b16-14-. The molecule has 0 unspecified atom stereocenters. The molecule has 0 aliphatic rings. The zero-order chi connectivity index (χ0) is 15.6. The zero-order valence-electron chi connectivity index (χ0n) is 13.1. The predicted molar refractivity (Wildman–Crippen MR) is 92.6 cm³/mol. The lowest BCUT2D eigenvalue weighted by Gasteiger charge is -2.19. The normalized spacial score (nSPS) is 12.6. The maximum absolute atomic E-state index is 13.0. The minimum atomic E-state index is -3.21. The van der Waals surface area contributed by atoms with E-state index in [0.717, 1.165) is 24.2 Å². The third-order valence-corrected chi connectivity index (χ3v) is 6.54. The van der Waals surface area contributed by atoms with Crippen LogP contribution in [0.3, 0.4) is 0 Å². The van der Waals surface area contributed by atoms with Crippen molar-refractivity contribution >= 4 is 25.4 Å². The van der Waals surface area contributed by atoms with E-state index >= 15 is 0 Å². The van der Waals surface area contributed by atoms with Crippen LogP contribution < -0.4 is 0 Å². The summed E-state index contributed by atoms with van der Waals surface area (Å²) in [6, 6.07) is 9.87. The van der Waals surface area contributed by atoms with Gasteiger partial charge in [0.2, 0.25) is 0 Å². The van der Waals surface area contributed by atoms with E-state index in [1.54, 1.807) is 11.8 Å². The lowest BCUT2D eigenvalue weighted by atomic mass is 10.2. The van der Waals surface area contributed by atoms with Gasteiger partial charge in [0.15, 0.2) is 0 Å². The summed E-state index contributed by atoms with van der Waals surface area (Å²) in [5.74, 6) is 0.916. The Kier molecular flexibility index (Phi) is 9.02. The monoisotopic (exact) mass is 328 g/mol. The van der Waals surface area contributed by atoms with E-state index in [9.17, 15) is 4.57 Å². The minimum Gasteiger partial charge on any atom is -0.305 e. The van der Waals surface area contributed by atoms with Gasteiger partial charge in [-0.1, -0.05) is 43.7 Å². The van der Waals surface area contributed by atoms with Crippen LogP contribution >= 0.6 is 19.4 Å². The first-order chi connectivity index (χ1) is 10.2. The number of hydrogen-bond donors (Lipinski definition) is 0. The maximum Gasteiger partial charge on any atom is 0.367 e. The Labute approximate surface area is 132 Å². The van der Waals surface area contributed by atoms with E-state index in [1.165, 1.54) is 0 Å². The van der Waals surface area contributed by atoms with E-state index in [0.29, 0.717) is 17.9 Å². The van der Waals surface area contributed by atoms with Gasteiger partial charge in [0.1, 0.15) is 0 Å². The molecule has 0 saturated heterocycles. The molecule has 21 heavy (non-hydrogen) atoms. The van der Waals surface area contributed by atoms with Crippen LogP contribution in [0.5, 0.6) is 0 Å². The Balaban J connectivity index is 3.04. The van der Waals surface area contributed by atoms with Gasteiger partial charge >= 0.3 is 7.60 Å². The van der Waals surface area contributed by atoms with Crippen molar-refractivity contribution in [3.8, 4) is 0 Å². The fourth-order valence-electron chi connectivity index (χ4n) is 1.72. The molecule has 1 rings (SSSR count). The van der Waals surface area contributed by atoms with Gasteiger partial charge in [-0.2, -0.15) is 0 Å². The highest BCUT2D eigenvalue weighted by atomic mass is 32.2. The first-order valence-corrected chi connectivity index (χ1v) is 9.98. The molecule has 0 radical (unpaired) electrons. The van der Waals surface area contributed by atoms with Gasteiger partial charge in [0.25, 0.3) is 0 Å². The largest absolute Gasteiger partial charge is 0.367 e. The molecular weight excluding hydrogens is 303 g/mol. The predicted octanol–water partition coefficient (Wildman–Crippen LogP) is 5.78. The van der Waals surface area contributed by atoms with Crippen molar-refractivity contribution in [3.63, 3.8) is 0 Å². The number of benzene rings is 1. The molecule has 0 aliphatic carbocycles. The van der Waals surface area contributed by atoms with E-state index in [2.05, 4.69) is 6.92 Å². The van der Waals surface area contributed by atoms with Crippen LogP contribution in [0.4, 0.5) is 0 Å². The Bertz CT molecular complexity index is 464. The Morgan fingerprint density at radius 2 is 1.76 bits per heavy atom. The quantitative estimate of drug-likeness (QED) is 0.402. The molecule has 0 saturated carbocycles. The van der Waals surface area contributed by atoms with Crippen LogP contribution in [0.25, 0.3) is 6.08 Å². The highest BCUT2D eigenvalue weighted by molar-refractivity contribution is 8.10. The first kappa shape index (κ1) is 18.5. The summed E-state index contributed by atoms with van der Waals surface area (Å²) in [6.07, 6.45) is 4.11. The van der Waals surface area contributed by atoms with Gasteiger partial charge < -0.3 is 9.05 Å². The lowest BCUT2D eigenvalue weighted by molar-refractivity contribution is 0.228. The summed E-state index contributed by atoms with van der Waals surface area (Å²) in [4.78, 5) is 0. The molecule has 0 atom stereocenters. The molecule has 0 spiro atoms. The van der Waals surface area contributed by atoms with Crippen LogP contribution in [-0.2, 0) is 13.6 Å². The van der Waals surface area contributed by atoms with Crippen LogP contribution in [0.1, 0.15) is 39.2 Å². The Morgan fingerprint density at radius 3 is 2.29 bits per heavy atom. The molecule has 118 valence electrons. The summed E-state index contributed by atoms with van der Waals surface area (Å²) >= 11 is 1.58. The second kappa shape index (κ2) is 10.2. The van der Waals surface area contributed by atoms with Gasteiger partial charge in [0, 0.05) is 0 Å². The number of hydrogen-bond acceptors (Lipinski definition) is 4. The van der Waals surface area contributed by atoms with Gasteiger partial charge in [-0.05, 0) is 37.7 Å². The fourth-order valence-corrected chi connectivity index (χ4v) is 5.12.